The lowest BCUT2D eigenvalue weighted by Gasteiger charge is -2.26. The van der Waals surface area contributed by atoms with Crippen molar-refractivity contribution >= 4 is 16.3 Å². The lowest BCUT2D eigenvalue weighted by Crippen LogP contribution is -2.40. The molecule has 4 heteroatoms. The molecule has 0 amide bonds. The molecule has 110 valence electrons. The van der Waals surface area contributed by atoms with Crippen molar-refractivity contribution in [1.82, 2.24) is 14.7 Å². The summed E-state index contributed by atoms with van der Waals surface area (Å²) in [5.41, 5.74) is 1.49. The Balaban J connectivity index is 1.62. The van der Waals surface area contributed by atoms with Gasteiger partial charge in [-0.3, -0.25) is 4.40 Å². The lowest BCUT2D eigenvalue weighted by molar-refractivity contribution is 0.316. The predicted molar refractivity (Wildman–Crippen MR) is 85.4 cm³/mol. The topological polar surface area (TPSA) is 29.3 Å². The molecule has 2 aromatic heterocycles. The predicted octanol–water partition coefficient (Wildman–Crippen LogP) is 3.74. The third-order valence-corrected chi connectivity index (χ3v) is 5.10. The van der Waals surface area contributed by atoms with E-state index >= 15 is 0 Å². The molecule has 0 aliphatic heterocycles. The van der Waals surface area contributed by atoms with Crippen LogP contribution in [0.1, 0.15) is 45.7 Å². The minimum Gasteiger partial charge on any atom is -0.312 e. The molecule has 0 spiro atoms. The lowest BCUT2D eigenvalue weighted by atomic mass is 9.91. The zero-order valence-electron chi connectivity index (χ0n) is 12.7. The number of nitrogens with zero attached hydrogens (tertiary/aromatic N) is 2. The summed E-state index contributed by atoms with van der Waals surface area (Å²) in [5.74, 6) is 1.61. The van der Waals surface area contributed by atoms with Crippen LogP contribution in [0.5, 0.6) is 0 Å². The Hall–Kier alpha value is -0.870. The average molecular weight is 291 g/mol. The molecule has 20 heavy (non-hydrogen) atoms. The zero-order chi connectivity index (χ0) is 14.2. The van der Waals surface area contributed by atoms with Crippen molar-refractivity contribution in [3.05, 3.63) is 23.5 Å². The number of nitrogens with one attached hydrogen (secondary N) is 1. The third kappa shape index (κ3) is 3.23. The highest BCUT2D eigenvalue weighted by atomic mass is 32.1. The summed E-state index contributed by atoms with van der Waals surface area (Å²) in [6, 6.07) is 0. The second-order valence-corrected chi connectivity index (χ2v) is 7.98. The van der Waals surface area contributed by atoms with Crippen LogP contribution in [0, 0.1) is 11.8 Å². The standard InChI is InChI=1S/C16H25N3S/c1-16(2,3)17-10-13-6-4-5-12(13)9-14-11-19-7-8-20-15(19)18-14/h7-8,11-13,17H,4-6,9-10H2,1-3H3. The highest BCUT2D eigenvalue weighted by Crippen LogP contribution is 2.34. The van der Waals surface area contributed by atoms with E-state index in [-0.39, 0.29) is 5.54 Å². The molecule has 0 aromatic carbocycles. The third-order valence-electron chi connectivity index (χ3n) is 4.33. The smallest absolute Gasteiger partial charge is 0.193 e. The van der Waals surface area contributed by atoms with E-state index in [1.807, 2.05) is 0 Å². The van der Waals surface area contributed by atoms with Gasteiger partial charge < -0.3 is 5.32 Å². The quantitative estimate of drug-likeness (QED) is 0.929. The molecule has 2 aromatic rings. The minimum absolute atomic E-state index is 0.226. The number of imidazole rings is 1. The molecule has 1 aliphatic rings. The van der Waals surface area contributed by atoms with Gasteiger partial charge in [-0.15, -0.1) is 11.3 Å². The Kier molecular flexibility index (Phi) is 3.87. The first-order valence-electron chi connectivity index (χ1n) is 7.67. The van der Waals surface area contributed by atoms with Crippen molar-refractivity contribution in [1.29, 1.82) is 0 Å². The van der Waals surface area contributed by atoms with Crippen LogP contribution in [0.2, 0.25) is 0 Å². The van der Waals surface area contributed by atoms with Crippen LogP contribution in [0.3, 0.4) is 0 Å². The molecule has 2 heterocycles. The Morgan fingerprint density at radius 3 is 2.90 bits per heavy atom. The number of thiazole rings is 1. The maximum Gasteiger partial charge on any atom is 0.193 e. The van der Waals surface area contributed by atoms with Gasteiger partial charge >= 0.3 is 0 Å². The normalized spacial score (nSPS) is 23.8. The number of hydrogen-bond acceptors (Lipinski definition) is 3. The summed E-state index contributed by atoms with van der Waals surface area (Å²) in [6.45, 7) is 7.90. The van der Waals surface area contributed by atoms with Crippen LogP contribution in [0.15, 0.2) is 17.8 Å². The average Bonchev–Trinajstić information content (AvgIpc) is 3.01. The van der Waals surface area contributed by atoms with Crippen molar-refractivity contribution in [3.8, 4) is 0 Å². The molecular weight excluding hydrogens is 266 g/mol. The Bertz CT molecular complexity index is 535. The van der Waals surface area contributed by atoms with Crippen LogP contribution in [0.25, 0.3) is 4.96 Å². The van der Waals surface area contributed by atoms with E-state index in [9.17, 15) is 0 Å². The van der Waals surface area contributed by atoms with Crippen molar-refractivity contribution in [2.75, 3.05) is 6.54 Å². The van der Waals surface area contributed by atoms with Crippen LogP contribution < -0.4 is 5.32 Å². The number of aromatic nitrogens is 2. The van der Waals surface area contributed by atoms with Crippen LogP contribution in [-0.4, -0.2) is 21.5 Å². The van der Waals surface area contributed by atoms with Gasteiger partial charge in [0.2, 0.25) is 0 Å². The zero-order valence-corrected chi connectivity index (χ0v) is 13.5. The van der Waals surface area contributed by atoms with E-state index in [4.69, 9.17) is 4.98 Å². The first-order valence-corrected chi connectivity index (χ1v) is 8.55. The second-order valence-electron chi connectivity index (χ2n) is 7.11. The van der Waals surface area contributed by atoms with Crippen LogP contribution >= 0.6 is 11.3 Å². The van der Waals surface area contributed by atoms with Crippen LogP contribution in [-0.2, 0) is 6.42 Å². The van der Waals surface area contributed by atoms with Crippen molar-refractivity contribution in [2.45, 2.75) is 52.0 Å². The summed E-state index contributed by atoms with van der Waals surface area (Å²) in [4.78, 5) is 5.87. The van der Waals surface area contributed by atoms with E-state index in [2.05, 4.69) is 48.3 Å². The number of fused-ring (bicyclic) bond motifs is 1. The molecule has 1 fully saturated rings. The van der Waals surface area contributed by atoms with E-state index in [0.29, 0.717) is 0 Å². The maximum atomic E-state index is 4.74. The summed E-state index contributed by atoms with van der Waals surface area (Å²) in [7, 11) is 0. The first kappa shape index (κ1) is 14.1. The van der Waals surface area contributed by atoms with E-state index < -0.39 is 0 Å². The molecule has 3 nitrogen and oxygen atoms in total. The van der Waals surface area contributed by atoms with Gasteiger partial charge in [0.1, 0.15) is 0 Å². The molecule has 3 rings (SSSR count). The molecule has 0 radical (unpaired) electrons. The van der Waals surface area contributed by atoms with E-state index in [1.165, 1.54) is 25.0 Å². The fraction of sp³-hybridized carbons (Fsp3) is 0.688. The van der Waals surface area contributed by atoms with E-state index in [0.717, 1.165) is 29.8 Å². The first-order chi connectivity index (χ1) is 9.51. The highest BCUT2D eigenvalue weighted by molar-refractivity contribution is 7.15. The molecule has 0 bridgehead atoms. The van der Waals surface area contributed by atoms with Gasteiger partial charge in [0, 0.05) is 23.3 Å². The van der Waals surface area contributed by atoms with Gasteiger partial charge in [0.05, 0.1) is 5.69 Å². The maximum absolute atomic E-state index is 4.74. The highest BCUT2D eigenvalue weighted by Gasteiger charge is 2.28. The van der Waals surface area contributed by atoms with Crippen molar-refractivity contribution in [3.63, 3.8) is 0 Å². The number of hydrogen-bond donors (Lipinski definition) is 1. The number of rotatable bonds is 4. The molecule has 0 saturated heterocycles. The summed E-state index contributed by atoms with van der Waals surface area (Å²) < 4.78 is 2.15. The van der Waals surface area contributed by atoms with Crippen molar-refractivity contribution < 1.29 is 0 Å². The fourth-order valence-electron chi connectivity index (χ4n) is 3.23. The van der Waals surface area contributed by atoms with Gasteiger partial charge in [0.25, 0.3) is 0 Å². The molecule has 1 saturated carbocycles. The molecule has 1 aliphatic carbocycles. The van der Waals surface area contributed by atoms with Gasteiger partial charge in [-0.25, -0.2) is 4.98 Å². The van der Waals surface area contributed by atoms with E-state index in [1.54, 1.807) is 11.3 Å². The Morgan fingerprint density at radius 1 is 1.35 bits per heavy atom. The Morgan fingerprint density at radius 2 is 2.15 bits per heavy atom. The van der Waals surface area contributed by atoms with Gasteiger partial charge in [0.15, 0.2) is 4.96 Å². The fourth-order valence-corrected chi connectivity index (χ4v) is 3.95. The largest absolute Gasteiger partial charge is 0.312 e. The minimum atomic E-state index is 0.226. The monoisotopic (exact) mass is 291 g/mol. The van der Waals surface area contributed by atoms with Crippen LogP contribution in [0.4, 0.5) is 0 Å². The van der Waals surface area contributed by atoms with Gasteiger partial charge in [-0.2, -0.15) is 0 Å². The molecule has 2 unspecified atom stereocenters. The summed E-state index contributed by atoms with van der Waals surface area (Å²) >= 11 is 1.72. The van der Waals surface area contributed by atoms with Gasteiger partial charge in [-0.05, 0) is 58.4 Å². The summed E-state index contributed by atoms with van der Waals surface area (Å²) in [6.07, 6.45) is 9.56. The molecule has 2 atom stereocenters. The molecule has 1 N–H and O–H groups in total. The van der Waals surface area contributed by atoms with Gasteiger partial charge in [-0.1, -0.05) is 6.42 Å². The Labute approximate surface area is 125 Å². The second kappa shape index (κ2) is 5.49. The summed E-state index contributed by atoms with van der Waals surface area (Å²) in [5, 5.41) is 5.77. The SMILES string of the molecule is CC(C)(C)NCC1CCCC1Cc1cn2ccsc2n1. The van der Waals surface area contributed by atoms with Crippen molar-refractivity contribution in [2.24, 2.45) is 11.8 Å². The molecular formula is C16H25N3S.